The summed E-state index contributed by atoms with van der Waals surface area (Å²) in [7, 11) is 0. The molecule has 3 rings (SSSR count). The van der Waals surface area contributed by atoms with E-state index in [0.29, 0.717) is 10.6 Å². The molecule has 1 heterocycles. The van der Waals surface area contributed by atoms with Gasteiger partial charge in [0.1, 0.15) is 5.66 Å². The molecule has 1 atom stereocenters. The standard InChI is InChI=1S/C16H14Cl2N2O/c1-16(10-17)19-14-5-3-2-4-13(14)15(21)20(16)12-8-6-11(18)7-9-12/h2-9,19H,10H2,1H3/t16-/m1/s1. The highest BCUT2D eigenvalue weighted by atomic mass is 35.5. The first kappa shape index (κ1) is 14.2. The largest absolute Gasteiger partial charge is 0.361 e. The van der Waals surface area contributed by atoms with Crippen molar-refractivity contribution in [1.29, 1.82) is 0 Å². The number of fused-ring (bicyclic) bond motifs is 1. The molecule has 2 aromatic rings. The molecule has 0 aliphatic carbocycles. The molecule has 3 nitrogen and oxygen atoms in total. The molecule has 108 valence electrons. The van der Waals surface area contributed by atoms with Gasteiger partial charge in [-0.3, -0.25) is 9.69 Å². The fourth-order valence-electron chi connectivity index (χ4n) is 2.55. The van der Waals surface area contributed by atoms with Crippen molar-refractivity contribution >= 4 is 40.5 Å². The predicted molar refractivity (Wildman–Crippen MR) is 87.5 cm³/mol. The summed E-state index contributed by atoms with van der Waals surface area (Å²) < 4.78 is 0. The van der Waals surface area contributed by atoms with Crippen LogP contribution in [0.4, 0.5) is 11.4 Å². The monoisotopic (exact) mass is 320 g/mol. The van der Waals surface area contributed by atoms with Crippen LogP contribution in [0.3, 0.4) is 0 Å². The van der Waals surface area contributed by atoms with Gasteiger partial charge in [0.05, 0.1) is 11.4 Å². The summed E-state index contributed by atoms with van der Waals surface area (Å²) in [4.78, 5) is 14.6. The Kier molecular flexibility index (Phi) is 3.56. The number of hydrogen-bond donors (Lipinski definition) is 1. The number of carbonyl (C=O) groups is 1. The second kappa shape index (κ2) is 5.24. The number of nitrogens with zero attached hydrogens (tertiary/aromatic N) is 1. The van der Waals surface area contributed by atoms with Crippen LogP contribution in [0.15, 0.2) is 48.5 Å². The van der Waals surface area contributed by atoms with Gasteiger partial charge in [0, 0.05) is 16.4 Å². The molecular formula is C16H14Cl2N2O. The zero-order valence-corrected chi connectivity index (χ0v) is 12.9. The van der Waals surface area contributed by atoms with Gasteiger partial charge < -0.3 is 5.32 Å². The molecule has 1 aliphatic heterocycles. The maximum atomic E-state index is 12.9. The van der Waals surface area contributed by atoms with Gasteiger partial charge in [-0.05, 0) is 43.3 Å². The van der Waals surface area contributed by atoms with Gasteiger partial charge in [-0.15, -0.1) is 11.6 Å². The van der Waals surface area contributed by atoms with Crippen molar-refractivity contribution in [3.8, 4) is 0 Å². The third-order valence-electron chi connectivity index (χ3n) is 3.60. The van der Waals surface area contributed by atoms with Crippen LogP contribution in [0.25, 0.3) is 0 Å². The SMILES string of the molecule is C[C@@]1(CCl)Nc2ccccc2C(=O)N1c1ccc(Cl)cc1. The van der Waals surface area contributed by atoms with E-state index in [4.69, 9.17) is 23.2 Å². The average Bonchev–Trinajstić information content (AvgIpc) is 2.49. The topological polar surface area (TPSA) is 32.3 Å². The molecule has 0 fully saturated rings. The molecule has 5 heteroatoms. The van der Waals surface area contributed by atoms with E-state index in [1.165, 1.54) is 0 Å². The molecule has 1 aliphatic rings. The van der Waals surface area contributed by atoms with Crippen molar-refractivity contribution in [3.05, 3.63) is 59.1 Å². The summed E-state index contributed by atoms with van der Waals surface area (Å²) in [5.41, 5.74) is 1.50. The van der Waals surface area contributed by atoms with Crippen LogP contribution in [-0.2, 0) is 0 Å². The number of para-hydroxylation sites is 1. The number of nitrogens with one attached hydrogen (secondary N) is 1. The first-order valence-electron chi connectivity index (χ1n) is 6.58. The van der Waals surface area contributed by atoms with E-state index < -0.39 is 5.66 Å². The molecule has 1 N–H and O–H groups in total. The fourth-order valence-corrected chi connectivity index (χ4v) is 2.87. The molecule has 0 saturated heterocycles. The number of alkyl halides is 1. The summed E-state index contributed by atoms with van der Waals surface area (Å²) in [6.45, 7) is 1.91. The minimum absolute atomic E-state index is 0.0742. The molecule has 0 spiro atoms. The second-order valence-corrected chi connectivity index (χ2v) is 5.90. The molecule has 0 saturated carbocycles. The van der Waals surface area contributed by atoms with Crippen molar-refractivity contribution in [3.63, 3.8) is 0 Å². The average molecular weight is 321 g/mol. The quantitative estimate of drug-likeness (QED) is 0.833. The van der Waals surface area contributed by atoms with Gasteiger partial charge in [0.2, 0.25) is 0 Å². The van der Waals surface area contributed by atoms with Gasteiger partial charge in [-0.2, -0.15) is 0 Å². The lowest BCUT2D eigenvalue weighted by Crippen LogP contribution is -2.60. The summed E-state index contributed by atoms with van der Waals surface area (Å²) in [5, 5.41) is 3.99. The highest BCUT2D eigenvalue weighted by Gasteiger charge is 2.41. The molecule has 1 amide bonds. The molecule has 2 aromatic carbocycles. The highest BCUT2D eigenvalue weighted by molar-refractivity contribution is 6.30. The summed E-state index contributed by atoms with van der Waals surface area (Å²) in [5.74, 6) is 0.185. The van der Waals surface area contributed by atoms with Gasteiger partial charge >= 0.3 is 0 Å². The normalized spacial score (nSPS) is 20.9. The lowest BCUT2D eigenvalue weighted by molar-refractivity contribution is 0.0962. The van der Waals surface area contributed by atoms with Gasteiger partial charge in [0.25, 0.3) is 5.91 Å². The molecule has 0 radical (unpaired) electrons. The number of carbonyl (C=O) groups excluding carboxylic acids is 1. The maximum absolute atomic E-state index is 12.9. The fraction of sp³-hybridized carbons (Fsp3) is 0.188. The first-order valence-corrected chi connectivity index (χ1v) is 7.50. The Bertz CT molecular complexity index is 687. The molecule has 0 aromatic heterocycles. The van der Waals surface area contributed by atoms with Crippen LogP contribution >= 0.6 is 23.2 Å². The number of halogens is 2. The van der Waals surface area contributed by atoms with Gasteiger partial charge in [-0.1, -0.05) is 23.7 Å². The number of rotatable bonds is 2. The summed E-state index contributed by atoms with van der Waals surface area (Å²) in [6.07, 6.45) is 0. The van der Waals surface area contributed by atoms with E-state index in [1.54, 1.807) is 23.1 Å². The Labute approximate surface area is 133 Å². The van der Waals surface area contributed by atoms with Crippen LogP contribution < -0.4 is 10.2 Å². The van der Waals surface area contributed by atoms with Crippen molar-refractivity contribution in [2.75, 3.05) is 16.1 Å². The van der Waals surface area contributed by atoms with E-state index in [-0.39, 0.29) is 11.8 Å². The maximum Gasteiger partial charge on any atom is 0.262 e. The minimum Gasteiger partial charge on any atom is -0.361 e. The highest BCUT2D eigenvalue weighted by Crippen LogP contribution is 2.35. The molecule has 0 bridgehead atoms. The Morgan fingerprint density at radius 2 is 1.81 bits per heavy atom. The van der Waals surface area contributed by atoms with Crippen LogP contribution in [-0.4, -0.2) is 17.5 Å². The third kappa shape index (κ3) is 2.37. The Morgan fingerprint density at radius 1 is 1.14 bits per heavy atom. The zero-order valence-electron chi connectivity index (χ0n) is 11.4. The van der Waals surface area contributed by atoms with E-state index in [9.17, 15) is 4.79 Å². The number of anilines is 2. The van der Waals surface area contributed by atoms with Gasteiger partial charge in [0.15, 0.2) is 0 Å². The smallest absolute Gasteiger partial charge is 0.262 e. The zero-order chi connectivity index (χ0) is 15.0. The second-order valence-electron chi connectivity index (χ2n) is 5.20. The predicted octanol–water partition coefficient (Wildman–Crippen LogP) is 4.37. The third-order valence-corrected chi connectivity index (χ3v) is 4.38. The Morgan fingerprint density at radius 3 is 2.48 bits per heavy atom. The lowest BCUT2D eigenvalue weighted by atomic mass is 10.0. The Balaban J connectivity index is 2.13. The Hall–Kier alpha value is -1.71. The molecule has 0 unspecified atom stereocenters. The van der Waals surface area contributed by atoms with E-state index in [0.717, 1.165) is 11.4 Å². The summed E-state index contributed by atoms with van der Waals surface area (Å²) in [6, 6.07) is 14.6. The number of amides is 1. The molecular weight excluding hydrogens is 307 g/mol. The summed E-state index contributed by atoms with van der Waals surface area (Å²) >= 11 is 12.1. The molecule has 21 heavy (non-hydrogen) atoms. The van der Waals surface area contributed by atoms with Crippen molar-refractivity contribution in [1.82, 2.24) is 0 Å². The lowest BCUT2D eigenvalue weighted by Gasteiger charge is -2.45. The van der Waals surface area contributed by atoms with E-state index in [1.807, 2.05) is 37.3 Å². The number of benzene rings is 2. The van der Waals surface area contributed by atoms with Gasteiger partial charge in [-0.25, -0.2) is 0 Å². The van der Waals surface area contributed by atoms with Crippen LogP contribution in [0.5, 0.6) is 0 Å². The van der Waals surface area contributed by atoms with Crippen LogP contribution in [0.1, 0.15) is 17.3 Å². The van der Waals surface area contributed by atoms with Crippen molar-refractivity contribution < 1.29 is 4.79 Å². The van der Waals surface area contributed by atoms with Crippen LogP contribution in [0.2, 0.25) is 5.02 Å². The number of hydrogen-bond acceptors (Lipinski definition) is 2. The first-order chi connectivity index (χ1) is 10.0. The van der Waals surface area contributed by atoms with E-state index in [2.05, 4.69) is 5.32 Å². The minimum atomic E-state index is -0.694. The van der Waals surface area contributed by atoms with Crippen molar-refractivity contribution in [2.24, 2.45) is 0 Å². The van der Waals surface area contributed by atoms with Crippen molar-refractivity contribution in [2.45, 2.75) is 12.6 Å². The van der Waals surface area contributed by atoms with E-state index >= 15 is 0 Å². The van der Waals surface area contributed by atoms with Crippen LogP contribution in [0, 0.1) is 0 Å².